The maximum Gasteiger partial charge on any atom is 0.287 e. The molecule has 1 aromatic heterocycles. The van der Waals surface area contributed by atoms with Gasteiger partial charge in [-0.1, -0.05) is 23.7 Å². The van der Waals surface area contributed by atoms with E-state index in [-0.39, 0.29) is 10.6 Å². The van der Waals surface area contributed by atoms with Crippen molar-refractivity contribution in [3.63, 3.8) is 0 Å². The molecular weight excluding hydrogens is 310 g/mol. The van der Waals surface area contributed by atoms with Gasteiger partial charge < -0.3 is 0 Å². The lowest BCUT2D eigenvalue weighted by Crippen LogP contribution is -2.26. The Morgan fingerprint density at radius 1 is 1.41 bits per heavy atom. The lowest BCUT2D eigenvalue weighted by molar-refractivity contribution is -0.385. The van der Waals surface area contributed by atoms with Crippen LogP contribution in [-0.4, -0.2) is 15.3 Å². The second kappa shape index (κ2) is 6.20. The molecule has 0 amide bonds. The van der Waals surface area contributed by atoms with E-state index in [4.69, 9.17) is 16.9 Å². The number of nitrogens with zero attached hydrogens (tertiary/aromatic N) is 3. The van der Waals surface area contributed by atoms with Gasteiger partial charge in [0.2, 0.25) is 0 Å². The highest BCUT2D eigenvalue weighted by atomic mass is 35.5. The fourth-order valence-corrected chi connectivity index (χ4v) is 2.09. The van der Waals surface area contributed by atoms with Crippen LogP contribution in [0.1, 0.15) is 15.9 Å². The highest BCUT2D eigenvalue weighted by Gasteiger charge is 2.17. The van der Waals surface area contributed by atoms with Crippen LogP contribution in [0.5, 0.6) is 0 Å². The minimum Gasteiger partial charge on any atom is -0.300 e. The van der Waals surface area contributed by atoms with E-state index < -0.39 is 34.1 Å². The minimum absolute atomic E-state index is 0.195. The molecule has 0 saturated carbocycles. The van der Waals surface area contributed by atoms with Crippen LogP contribution in [0.15, 0.2) is 41.3 Å². The summed E-state index contributed by atoms with van der Waals surface area (Å²) in [5, 5.41) is 19.9. The maximum absolute atomic E-state index is 12.2. The molecule has 0 atom stereocenters. The van der Waals surface area contributed by atoms with Crippen molar-refractivity contribution in [2.75, 3.05) is 0 Å². The molecule has 0 aliphatic rings. The third-order valence-corrected chi connectivity index (χ3v) is 3.22. The van der Waals surface area contributed by atoms with Crippen LogP contribution in [0, 0.1) is 21.4 Å². The van der Waals surface area contributed by atoms with Crippen LogP contribution in [0.2, 0.25) is 5.02 Å². The molecule has 0 radical (unpaired) electrons. The predicted molar refractivity (Wildman–Crippen MR) is 77.9 cm³/mol. The largest absolute Gasteiger partial charge is 0.300 e. The van der Waals surface area contributed by atoms with Crippen molar-refractivity contribution < 1.29 is 9.72 Å². The molecule has 1 heterocycles. The quantitative estimate of drug-likeness (QED) is 0.488. The molecule has 0 fully saturated rings. The number of carbonyl (C=O) groups is 1. The van der Waals surface area contributed by atoms with Crippen molar-refractivity contribution in [1.29, 1.82) is 5.26 Å². The van der Waals surface area contributed by atoms with Gasteiger partial charge in [-0.2, -0.15) is 5.26 Å². The van der Waals surface area contributed by atoms with E-state index >= 15 is 0 Å². The minimum atomic E-state index is -0.770. The Balaban J connectivity index is 2.46. The highest BCUT2D eigenvalue weighted by molar-refractivity contribution is 6.33. The van der Waals surface area contributed by atoms with Gasteiger partial charge in [0.05, 0.1) is 22.7 Å². The number of aromatic nitrogens is 1. The number of nitriles is 1. The van der Waals surface area contributed by atoms with Gasteiger partial charge in [0.15, 0.2) is 5.78 Å². The highest BCUT2D eigenvalue weighted by Crippen LogP contribution is 2.16. The molecule has 0 N–H and O–H groups in total. The SMILES string of the molecule is N#Cc1cc([N+](=O)[O-])cn(CC(=O)c2ccccc2Cl)c1=O. The normalized spacial score (nSPS) is 10.0. The molecular formula is C14H8ClN3O4. The van der Waals surface area contributed by atoms with Crippen molar-refractivity contribution in [3.05, 3.63) is 73.1 Å². The van der Waals surface area contributed by atoms with Gasteiger partial charge in [-0.3, -0.25) is 24.3 Å². The molecule has 7 nitrogen and oxygen atoms in total. The first-order chi connectivity index (χ1) is 10.4. The zero-order valence-corrected chi connectivity index (χ0v) is 11.8. The van der Waals surface area contributed by atoms with Crippen LogP contribution in [0.3, 0.4) is 0 Å². The Morgan fingerprint density at radius 3 is 2.68 bits per heavy atom. The maximum atomic E-state index is 12.2. The lowest BCUT2D eigenvalue weighted by atomic mass is 10.1. The average molecular weight is 318 g/mol. The van der Waals surface area contributed by atoms with Gasteiger partial charge in [-0.05, 0) is 12.1 Å². The Kier molecular flexibility index (Phi) is 4.34. The van der Waals surface area contributed by atoms with Crippen molar-refractivity contribution in [2.45, 2.75) is 6.54 Å². The molecule has 2 aromatic rings. The first kappa shape index (κ1) is 15.4. The van der Waals surface area contributed by atoms with E-state index in [9.17, 15) is 19.7 Å². The second-order valence-electron chi connectivity index (χ2n) is 4.32. The summed E-state index contributed by atoms with van der Waals surface area (Å²) >= 11 is 5.90. The number of Topliss-reactive ketones (excluding diaryl/α,β-unsaturated/α-hetero) is 1. The summed E-state index contributed by atoms with van der Waals surface area (Å²) in [7, 11) is 0. The average Bonchev–Trinajstić information content (AvgIpc) is 2.49. The summed E-state index contributed by atoms with van der Waals surface area (Å²) in [6.45, 7) is -0.446. The molecule has 22 heavy (non-hydrogen) atoms. The summed E-state index contributed by atoms with van der Waals surface area (Å²) in [5.74, 6) is -0.489. The summed E-state index contributed by atoms with van der Waals surface area (Å²) in [6, 6.07) is 8.71. The number of pyridine rings is 1. The van der Waals surface area contributed by atoms with Crippen molar-refractivity contribution in [2.24, 2.45) is 0 Å². The summed E-state index contributed by atoms with van der Waals surface area (Å²) in [6.07, 6.45) is 0.928. The summed E-state index contributed by atoms with van der Waals surface area (Å²) in [5.41, 5.74) is -1.42. The number of nitro groups is 1. The first-order valence-electron chi connectivity index (χ1n) is 6.00. The Bertz CT molecular complexity index is 867. The van der Waals surface area contributed by atoms with Gasteiger partial charge in [0.1, 0.15) is 11.6 Å². The molecule has 0 spiro atoms. The Labute approximate surface area is 129 Å². The van der Waals surface area contributed by atoms with Crippen LogP contribution in [0.4, 0.5) is 5.69 Å². The van der Waals surface area contributed by atoms with Gasteiger partial charge in [-0.25, -0.2) is 0 Å². The third kappa shape index (κ3) is 3.02. The van der Waals surface area contributed by atoms with Gasteiger partial charge in [0.25, 0.3) is 11.2 Å². The number of benzene rings is 1. The van der Waals surface area contributed by atoms with Crippen molar-refractivity contribution >= 4 is 23.1 Å². The molecule has 110 valence electrons. The van der Waals surface area contributed by atoms with E-state index in [0.717, 1.165) is 16.8 Å². The first-order valence-corrected chi connectivity index (χ1v) is 6.38. The number of rotatable bonds is 4. The van der Waals surface area contributed by atoms with Crippen LogP contribution < -0.4 is 5.56 Å². The van der Waals surface area contributed by atoms with E-state index in [1.54, 1.807) is 18.2 Å². The Morgan fingerprint density at radius 2 is 2.09 bits per heavy atom. The molecule has 0 saturated heterocycles. The number of halogens is 1. The van der Waals surface area contributed by atoms with Gasteiger partial charge >= 0.3 is 0 Å². The van der Waals surface area contributed by atoms with E-state index in [0.29, 0.717) is 0 Å². The van der Waals surface area contributed by atoms with E-state index in [1.165, 1.54) is 12.1 Å². The fourth-order valence-electron chi connectivity index (χ4n) is 1.84. The predicted octanol–water partition coefficient (Wildman–Crippen LogP) is 2.16. The van der Waals surface area contributed by atoms with E-state index in [1.807, 2.05) is 0 Å². The van der Waals surface area contributed by atoms with Crippen LogP contribution in [-0.2, 0) is 6.54 Å². The van der Waals surface area contributed by atoms with Crippen LogP contribution >= 0.6 is 11.6 Å². The molecule has 0 aliphatic carbocycles. The summed E-state index contributed by atoms with van der Waals surface area (Å²) < 4.78 is 0.836. The van der Waals surface area contributed by atoms with Crippen molar-refractivity contribution in [3.8, 4) is 6.07 Å². The molecule has 1 aromatic carbocycles. The van der Waals surface area contributed by atoms with Gasteiger partial charge in [-0.15, -0.1) is 0 Å². The van der Waals surface area contributed by atoms with E-state index in [2.05, 4.69) is 0 Å². The topological polar surface area (TPSA) is 106 Å². The smallest absolute Gasteiger partial charge is 0.287 e. The molecule has 0 unspecified atom stereocenters. The second-order valence-corrected chi connectivity index (χ2v) is 4.72. The molecule has 0 bridgehead atoms. The number of hydrogen-bond acceptors (Lipinski definition) is 5. The standard InChI is InChI=1S/C14H8ClN3O4/c15-12-4-2-1-3-11(12)13(19)8-17-7-10(18(21)22)5-9(6-16)14(17)20/h1-5,7H,8H2. The Hall–Kier alpha value is -2.98. The monoisotopic (exact) mass is 317 g/mol. The molecule has 2 rings (SSSR count). The van der Waals surface area contributed by atoms with Crippen molar-refractivity contribution in [1.82, 2.24) is 4.57 Å². The zero-order chi connectivity index (χ0) is 16.3. The van der Waals surface area contributed by atoms with Gasteiger partial charge in [0, 0.05) is 11.6 Å². The summed E-state index contributed by atoms with van der Waals surface area (Å²) in [4.78, 5) is 34.2. The molecule has 8 heteroatoms. The zero-order valence-electron chi connectivity index (χ0n) is 11.0. The third-order valence-electron chi connectivity index (χ3n) is 2.89. The fraction of sp³-hybridized carbons (Fsp3) is 0.0714. The number of ketones is 1. The molecule has 0 aliphatic heterocycles. The lowest BCUT2D eigenvalue weighted by Gasteiger charge is -2.06. The number of carbonyl (C=O) groups excluding carboxylic acids is 1. The number of hydrogen-bond donors (Lipinski definition) is 0. The van der Waals surface area contributed by atoms with Crippen LogP contribution in [0.25, 0.3) is 0 Å².